The third kappa shape index (κ3) is 4.09. The SMILES string of the molecule is CCOP(=O)(NC(=O)C1SCC(=O)c2cc(C)c(C)cc21)OCC. The Morgan fingerprint density at radius 3 is 2.42 bits per heavy atom. The first kappa shape index (κ1) is 19.2. The van der Waals surface area contributed by atoms with Crippen LogP contribution in [0, 0.1) is 13.8 Å². The highest BCUT2D eigenvalue weighted by Gasteiger charge is 2.36. The van der Waals surface area contributed by atoms with E-state index in [-0.39, 0.29) is 24.7 Å². The fraction of sp³-hybridized carbons (Fsp3) is 0.500. The molecule has 6 nitrogen and oxygen atoms in total. The number of nitrogens with one attached hydrogen (secondary N) is 1. The van der Waals surface area contributed by atoms with E-state index in [9.17, 15) is 14.2 Å². The molecule has 24 heavy (non-hydrogen) atoms. The van der Waals surface area contributed by atoms with Crippen molar-refractivity contribution in [3.05, 3.63) is 34.4 Å². The number of hydrogen-bond donors (Lipinski definition) is 1. The molecular formula is C16H22NO5PS. The number of hydrogen-bond acceptors (Lipinski definition) is 6. The summed E-state index contributed by atoms with van der Waals surface area (Å²) in [5, 5.41) is 1.78. The van der Waals surface area contributed by atoms with Crippen molar-refractivity contribution in [1.29, 1.82) is 0 Å². The minimum atomic E-state index is -3.69. The highest BCUT2D eigenvalue weighted by Crippen LogP contribution is 2.46. The summed E-state index contributed by atoms with van der Waals surface area (Å²) < 4.78 is 22.7. The molecule has 2 rings (SSSR count). The number of carbonyl (C=O) groups excluding carboxylic acids is 2. The highest BCUT2D eigenvalue weighted by molar-refractivity contribution is 8.01. The van der Waals surface area contributed by atoms with Crippen LogP contribution < -0.4 is 5.09 Å². The van der Waals surface area contributed by atoms with Crippen LogP contribution in [0.25, 0.3) is 0 Å². The van der Waals surface area contributed by atoms with Gasteiger partial charge in [0.1, 0.15) is 5.25 Å². The minimum absolute atomic E-state index is 0.0000472. The van der Waals surface area contributed by atoms with Gasteiger partial charge >= 0.3 is 7.75 Å². The van der Waals surface area contributed by atoms with Crippen molar-refractivity contribution in [3.63, 3.8) is 0 Å². The number of benzene rings is 1. The first-order valence-electron chi connectivity index (χ1n) is 7.78. The lowest BCUT2D eigenvalue weighted by Crippen LogP contribution is -2.31. The van der Waals surface area contributed by atoms with Crippen LogP contribution >= 0.6 is 19.5 Å². The van der Waals surface area contributed by atoms with Crippen molar-refractivity contribution >= 4 is 31.2 Å². The Labute approximate surface area is 146 Å². The summed E-state index contributed by atoms with van der Waals surface area (Å²) in [6.07, 6.45) is 0. The van der Waals surface area contributed by atoms with Gasteiger partial charge in [-0.05, 0) is 50.5 Å². The summed E-state index contributed by atoms with van der Waals surface area (Å²) in [5.41, 5.74) is 3.21. The van der Waals surface area contributed by atoms with Crippen LogP contribution in [-0.2, 0) is 18.4 Å². The summed E-state index contributed by atoms with van der Waals surface area (Å²) in [4.78, 5) is 24.8. The molecule has 1 unspecified atom stereocenters. The fourth-order valence-corrected chi connectivity index (χ4v) is 4.90. The second kappa shape index (κ2) is 7.83. The van der Waals surface area contributed by atoms with Crippen molar-refractivity contribution in [3.8, 4) is 0 Å². The average Bonchev–Trinajstić information content (AvgIpc) is 2.49. The van der Waals surface area contributed by atoms with E-state index in [1.165, 1.54) is 11.8 Å². The second-order valence-corrected chi connectivity index (χ2v) is 8.28. The lowest BCUT2D eigenvalue weighted by atomic mass is 9.95. The zero-order chi connectivity index (χ0) is 17.9. The summed E-state index contributed by atoms with van der Waals surface area (Å²) in [5.74, 6) is -0.261. The molecule has 0 fully saturated rings. The van der Waals surface area contributed by atoms with Gasteiger partial charge in [-0.3, -0.25) is 23.7 Å². The highest BCUT2D eigenvalue weighted by atomic mass is 32.2. The van der Waals surface area contributed by atoms with Crippen molar-refractivity contribution < 1.29 is 23.2 Å². The Hall–Kier alpha value is -1.14. The van der Waals surface area contributed by atoms with Crippen molar-refractivity contribution in [2.24, 2.45) is 0 Å². The molecule has 132 valence electrons. The number of thioether (sulfide) groups is 1. The van der Waals surface area contributed by atoms with E-state index in [0.717, 1.165) is 11.1 Å². The standard InChI is InChI=1S/C16H22NO5PS/c1-5-21-23(20,22-6-2)17-16(19)15-13-8-11(4)10(3)7-12(13)14(18)9-24-15/h7-8,15H,5-6,9H2,1-4H3,(H,17,19,20). The molecule has 1 aromatic rings. The predicted octanol–water partition coefficient (Wildman–Crippen LogP) is 3.57. The maximum Gasteiger partial charge on any atom is 0.434 e. The van der Waals surface area contributed by atoms with Crippen molar-refractivity contribution in [2.45, 2.75) is 32.9 Å². The van der Waals surface area contributed by atoms with Gasteiger partial charge in [0, 0.05) is 5.56 Å². The van der Waals surface area contributed by atoms with Crippen LogP contribution in [0.5, 0.6) is 0 Å². The molecular weight excluding hydrogens is 349 g/mol. The van der Waals surface area contributed by atoms with E-state index >= 15 is 0 Å². The molecule has 1 aliphatic rings. The molecule has 0 aromatic heterocycles. The molecule has 1 atom stereocenters. The number of fused-ring (bicyclic) bond motifs is 1. The summed E-state index contributed by atoms with van der Waals surface area (Å²) in [7, 11) is -3.69. The van der Waals surface area contributed by atoms with Gasteiger partial charge in [0.25, 0.3) is 0 Å². The van der Waals surface area contributed by atoms with E-state index in [4.69, 9.17) is 9.05 Å². The molecule has 1 N–H and O–H groups in total. The molecule has 1 aliphatic heterocycles. The van der Waals surface area contributed by atoms with E-state index in [1.54, 1.807) is 13.8 Å². The fourth-order valence-electron chi connectivity index (χ4n) is 2.48. The number of ketones is 1. The van der Waals surface area contributed by atoms with Crippen LogP contribution in [0.3, 0.4) is 0 Å². The number of rotatable bonds is 6. The van der Waals surface area contributed by atoms with Gasteiger partial charge in [-0.25, -0.2) is 4.57 Å². The van der Waals surface area contributed by atoms with Crippen molar-refractivity contribution in [1.82, 2.24) is 5.09 Å². The zero-order valence-electron chi connectivity index (χ0n) is 14.3. The van der Waals surface area contributed by atoms with Crippen LogP contribution in [0.1, 0.15) is 46.1 Å². The zero-order valence-corrected chi connectivity index (χ0v) is 16.0. The van der Waals surface area contributed by atoms with Gasteiger partial charge < -0.3 is 0 Å². The molecule has 1 aromatic carbocycles. The van der Waals surface area contributed by atoms with Crippen LogP contribution in [0.2, 0.25) is 0 Å². The molecule has 0 saturated heterocycles. The summed E-state index contributed by atoms with van der Waals surface area (Å²) in [6.45, 7) is 7.52. The van der Waals surface area contributed by atoms with E-state index in [0.29, 0.717) is 11.1 Å². The molecule has 0 aliphatic carbocycles. The summed E-state index contributed by atoms with van der Waals surface area (Å²) >= 11 is 1.22. The van der Waals surface area contributed by atoms with Crippen molar-refractivity contribution in [2.75, 3.05) is 19.0 Å². The lowest BCUT2D eigenvalue weighted by Gasteiger charge is -2.26. The van der Waals surface area contributed by atoms with Crippen LogP contribution in [-0.4, -0.2) is 30.7 Å². The Kier molecular flexibility index (Phi) is 6.26. The van der Waals surface area contributed by atoms with Gasteiger partial charge in [0.05, 0.1) is 19.0 Å². The Morgan fingerprint density at radius 1 is 1.25 bits per heavy atom. The Bertz CT molecular complexity index is 696. The maximum atomic E-state index is 12.7. The van der Waals surface area contributed by atoms with Crippen LogP contribution in [0.4, 0.5) is 0 Å². The van der Waals surface area contributed by atoms with Gasteiger partial charge in [-0.15, -0.1) is 11.8 Å². The van der Waals surface area contributed by atoms with Crippen LogP contribution in [0.15, 0.2) is 12.1 Å². The quantitative estimate of drug-likeness (QED) is 0.770. The first-order chi connectivity index (χ1) is 11.3. The molecule has 0 radical (unpaired) electrons. The predicted molar refractivity (Wildman–Crippen MR) is 94.4 cm³/mol. The molecule has 1 amide bonds. The molecule has 0 saturated carbocycles. The third-order valence-corrected chi connectivity index (χ3v) is 6.63. The smallest absolute Gasteiger partial charge is 0.293 e. The van der Waals surface area contributed by atoms with Gasteiger partial charge in [0.2, 0.25) is 5.91 Å². The van der Waals surface area contributed by atoms with E-state index < -0.39 is 18.9 Å². The molecule has 8 heteroatoms. The largest absolute Gasteiger partial charge is 0.434 e. The second-order valence-electron chi connectivity index (χ2n) is 5.45. The maximum absolute atomic E-state index is 12.7. The van der Waals surface area contributed by atoms with Gasteiger partial charge in [-0.2, -0.15) is 0 Å². The third-order valence-electron chi connectivity index (χ3n) is 3.71. The van der Waals surface area contributed by atoms with Gasteiger partial charge in [-0.1, -0.05) is 6.07 Å². The monoisotopic (exact) mass is 371 g/mol. The summed E-state index contributed by atoms with van der Waals surface area (Å²) in [6, 6.07) is 3.67. The molecule has 0 spiro atoms. The average molecular weight is 371 g/mol. The molecule has 0 bridgehead atoms. The lowest BCUT2D eigenvalue weighted by molar-refractivity contribution is -0.119. The number of Topliss-reactive ketones (excluding diaryl/α,β-unsaturated/α-hetero) is 1. The minimum Gasteiger partial charge on any atom is -0.293 e. The normalized spacial score (nSPS) is 17.5. The Morgan fingerprint density at radius 2 is 1.83 bits per heavy atom. The number of aryl methyl sites for hydroxylation is 2. The van der Waals surface area contributed by atoms with E-state index in [2.05, 4.69) is 5.09 Å². The molecule has 1 heterocycles. The first-order valence-corrected chi connectivity index (χ1v) is 10.4. The topological polar surface area (TPSA) is 81.7 Å². The Balaban J connectivity index is 2.32. The van der Waals surface area contributed by atoms with Gasteiger partial charge in [0.15, 0.2) is 5.78 Å². The van der Waals surface area contributed by atoms with E-state index in [1.807, 2.05) is 26.0 Å². The number of carbonyl (C=O) groups is 2. The number of amides is 1.